The minimum Gasteiger partial charge on any atom is -0.408 e. The molecule has 3 aromatic carbocycles. The molecule has 8 heteroatoms. The fourth-order valence-electron chi connectivity index (χ4n) is 4.85. The van der Waals surface area contributed by atoms with Crippen LogP contribution < -0.4 is 15.8 Å². The van der Waals surface area contributed by atoms with E-state index in [0.29, 0.717) is 16.3 Å². The van der Waals surface area contributed by atoms with Crippen molar-refractivity contribution in [2.45, 2.75) is 32.7 Å². The van der Waals surface area contributed by atoms with Crippen LogP contribution in [0.25, 0.3) is 17.0 Å². The number of rotatable bonds is 6. The Balaban J connectivity index is 1.27. The van der Waals surface area contributed by atoms with Crippen molar-refractivity contribution in [3.05, 3.63) is 99.7 Å². The predicted octanol–water partition coefficient (Wildman–Crippen LogP) is 6.73. The maximum Gasteiger partial charge on any atom is 0.410 e. The number of aromatic amines is 1. The number of likely N-dealkylation sites (tertiary alicyclic amines) is 1. The minimum absolute atomic E-state index is 0.193. The third kappa shape index (κ3) is 6.00. The molecule has 39 heavy (non-hydrogen) atoms. The molecule has 1 aliphatic heterocycles. The zero-order chi connectivity index (χ0) is 27.7. The number of fused-ring (bicyclic) bond motifs is 1. The summed E-state index contributed by atoms with van der Waals surface area (Å²) < 4.78 is 5.17. The van der Waals surface area contributed by atoms with Crippen molar-refractivity contribution >= 4 is 46.3 Å². The van der Waals surface area contributed by atoms with Gasteiger partial charge in [0.15, 0.2) is 5.75 Å². The number of para-hydroxylation sites is 1. The van der Waals surface area contributed by atoms with Crippen LogP contribution in [0.15, 0.2) is 72.4 Å². The van der Waals surface area contributed by atoms with Gasteiger partial charge < -0.3 is 20.8 Å². The molecule has 5 rings (SSSR count). The number of hydrogen-bond acceptors (Lipinski definition) is 4. The molecule has 0 aliphatic carbocycles. The second-order valence-corrected chi connectivity index (χ2v) is 11.3. The van der Waals surface area contributed by atoms with E-state index >= 15 is 0 Å². The Morgan fingerprint density at radius 1 is 1.10 bits per heavy atom. The number of halogens is 1. The van der Waals surface area contributed by atoms with Crippen LogP contribution in [-0.4, -0.2) is 35.0 Å². The molecule has 0 bridgehead atoms. The van der Waals surface area contributed by atoms with Gasteiger partial charge in [-0.3, -0.25) is 9.69 Å². The first-order valence-corrected chi connectivity index (χ1v) is 13.1. The maximum atomic E-state index is 13.2. The van der Waals surface area contributed by atoms with E-state index in [1.54, 1.807) is 24.3 Å². The van der Waals surface area contributed by atoms with Crippen LogP contribution in [0.3, 0.4) is 0 Å². The second kappa shape index (κ2) is 10.6. The quantitative estimate of drug-likeness (QED) is 0.251. The molecule has 0 radical (unpaired) electrons. The van der Waals surface area contributed by atoms with Crippen molar-refractivity contribution in [3.8, 4) is 5.75 Å². The SMILES string of the molecule is CC(C)(C)c1cccc(OC(N)=O)c1NC(=O)c1ccc(C=C2CN(Cc3ccc4cc[nH]c4c3)C2)c(Cl)c1. The van der Waals surface area contributed by atoms with Crippen LogP contribution in [0.5, 0.6) is 5.75 Å². The van der Waals surface area contributed by atoms with E-state index in [0.717, 1.165) is 36.3 Å². The number of nitrogens with two attached hydrogens (primary N) is 1. The molecule has 2 amide bonds. The molecule has 1 aliphatic rings. The smallest absolute Gasteiger partial charge is 0.408 e. The summed E-state index contributed by atoms with van der Waals surface area (Å²) in [5.41, 5.74) is 11.1. The number of hydrogen-bond donors (Lipinski definition) is 3. The van der Waals surface area contributed by atoms with Crippen LogP contribution in [0.2, 0.25) is 5.02 Å². The van der Waals surface area contributed by atoms with Crippen LogP contribution in [0, 0.1) is 0 Å². The van der Waals surface area contributed by atoms with Crippen molar-refractivity contribution in [2.24, 2.45) is 5.73 Å². The second-order valence-electron chi connectivity index (χ2n) is 10.9. The van der Waals surface area contributed by atoms with E-state index in [1.165, 1.54) is 16.5 Å². The Morgan fingerprint density at radius 2 is 1.90 bits per heavy atom. The van der Waals surface area contributed by atoms with Crippen LogP contribution in [-0.2, 0) is 12.0 Å². The van der Waals surface area contributed by atoms with Crippen molar-refractivity contribution in [2.75, 3.05) is 18.4 Å². The summed E-state index contributed by atoms with van der Waals surface area (Å²) >= 11 is 6.59. The van der Waals surface area contributed by atoms with Crippen molar-refractivity contribution in [3.63, 3.8) is 0 Å². The maximum absolute atomic E-state index is 13.2. The highest BCUT2D eigenvalue weighted by Gasteiger charge is 2.24. The lowest BCUT2D eigenvalue weighted by Gasteiger charge is -2.34. The van der Waals surface area contributed by atoms with E-state index in [1.807, 2.05) is 39.1 Å². The summed E-state index contributed by atoms with van der Waals surface area (Å²) in [7, 11) is 0. The largest absolute Gasteiger partial charge is 0.410 e. The predicted molar refractivity (Wildman–Crippen MR) is 156 cm³/mol. The number of primary amides is 1. The molecule has 4 aromatic rings. The Hall–Kier alpha value is -4.07. The average molecular weight is 543 g/mol. The summed E-state index contributed by atoms with van der Waals surface area (Å²) in [6.07, 6.45) is 3.09. The van der Waals surface area contributed by atoms with E-state index in [9.17, 15) is 9.59 Å². The highest BCUT2D eigenvalue weighted by molar-refractivity contribution is 6.32. The molecule has 1 fully saturated rings. The van der Waals surface area contributed by atoms with Crippen molar-refractivity contribution in [1.29, 1.82) is 0 Å². The molecule has 200 valence electrons. The highest BCUT2D eigenvalue weighted by Crippen LogP contribution is 2.37. The van der Waals surface area contributed by atoms with Gasteiger partial charge in [0.25, 0.3) is 5.91 Å². The molecular formula is C31H31ClN4O3. The van der Waals surface area contributed by atoms with Crippen molar-refractivity contribution < 1.29 is 14.3 Å². The first-order valence-electron chi connectivity index (χ1n) is 12.8. The first-order chi connectivity index (χ1) is 18.6. The Bertz CT molecular complexity index is 1590. The molecule has 2 heterocycles. The van der Waals surface area contributed by atoms with Gasteiger partial charge in [-0.05, 0) is 63.4 Å². The highest BCUT2D eigenvalue weighted by atomic mass is 35.5. The summed E-state index contributed by atoms with van der Waals surface area (Å²) in [6.45, 7) is 8.64. The lowest BCUT2D eigenvalue weighted by Crippen LogP contribution is -2.39. The normalized spacial score (nSPS) is 13.7. The third-order valence-corrected chi connectivity index (χ3v) is 7.11. The van der Waals surface area contributed by atoms with Gasteiger partial charge in [0, 0.05) is 41.9 Å². The number of amides is 2. The Morgan fingerprint density at radius 3 is 2.62 bits per heavy atom. The fraction of sp³-hybridized carbons (Fsp3) is 0.226. The first kappa shape index (κ1) is 26.5. The molecule has 0 unspecified atom stereocenters. The number of benzene rings is 3. The lowest BCUT2D eigenvalue weighted by atomic mass is 9.85. The van der Waals surface area contributed by atoms with Gasteiger partial charge in [0.05, 0.1) is 5.69 Å². The molecule has 0 spiro atoms. The molecule has 7 nitrogen and oxygen atoms in total. The van der Waals surface area contributed by atoms with E-state index in [-0.39, 0.29) is 17.1 Å². The topological polar surface area (TPSA) is 100 Å². The molecular weight excluding hydrogens is 512 g/mol. The number of carbonyl (C=O) groups excluding carboxylic acids is 2. The summed E-state index contributed by atoms with van der Waals surface area (Å²) in [5, 5.41) is 4.61. The molecule has 1 aromatic heterocycles. The monoisotopic (exact) mass is 542 g/mol. The number of H-pyrrole nitrogens is 1. The standard InChI is InChI=1S/C31H31ClN4O3/c1-31(2,3)24-5-4-6-27(39-30(33)38)28(24)35-29(37)23-10-9-22(25(32)15-23)13-20-17-36(18-20)16-19-7-8-21-11-12-34-26(21)14-19/h4-15,34H,16-18H2,1-3H3,(H2,33,38)(H,35,37). The van der Waals surface area contributed by atoms with Crippen molar-refractivity contribution in [1.82, 2.24) is 9.88 Å². The van der Waals surface area contributed by atoms with E-state index in [4.69, 9.17) is 22.1 Å². The number of anilines is 1. The van der Waals surface area contributed by atoms with Gasteiger partial charge in [-0.25, -0.2) is 4.79 Å². The molecule has 0 saturated carbocycles. The minimum atomic E-state index is -0.951. The number of ether oxygens (including phenoxy) is 1. The number of carbonyl (C=O) groups is 2. The molecule has 1 saturated heterocycles. The van der Waals surface area contributed by atoms with Crippen LogP contribution in [0.4, 0.5) is 10.5 Å². The molecule has 4 N–H and O–H groups in total. The van der Waals surface area contributed by atoms with Gasteiger partial charge in [0.1, 0.15) is 0 Å². The summed E-state index contributed by atoms with van der Waals surface area (Å²) in [5.74, 6) is -0.172. The average Bonchev–Trinajstić information content (AvgIpc) is 3.31. The van der Waals surface area contributed by atoms with Crippen LogP contribution in [0.1, 0.15) is 47.8 Å². The number of nitrogens with one attached hydrogen (secondary N) is 2. The van der Waals surface area contributed by atoms with Gasteiger partial charge >= 0.3 is 6.09 Å². The molecule has 0 atom stereocenters. The lowest BCUT2D eigenvalue weighted by molar-refractivity contribution is 0.102. The van der Waals surface area contributed by atoms with E-state index < -0.39 is 6.09 Å². The van der Waals surface area contributed by atoms with Gasteiger partial charge in [-0.1, -0.05) is 68.8 Å². The summed E-state index contributed by atoms with van der Waals surface area (Å²) in [4.78, 5) is 30.3. The Kier molecular flexibility index (Phi) is 7.21. The number of nitrogens with zero attached hydrogens (tertiary/aromatic N) is 1. The van der Waals surface area contributed by atoms with E-state index in [2.05, 4.69) is 45.5 Å². The van der Waals surface area contributed by atoms with Gasteiger partial charge in [-0.15, -0.1) is 0 Å². The van der Waals surface area contributed by atoms with Gasteiger partial charge in [0.2, 0.25) is 0 Å². The zero-order valence-corrected chi connectivity index (χ0v) is 22.9. The summed E-state index contributed by atoms with van der Waals surface area (Å²) in [6, 6.07) is 19.1. The van der Waals surface area contributed by atoms with Gasteiger partial charge in [-0.2, -0.15) is 0 Å². The Labute approximate surface area is 232 Å². The fourth-order valence-corrected chi connectivity index (χ4v) is 5.09. The van der Waals surface area contributed by atoms with Crippen LogP contribution >= 0.6 is 11.6 Å². The zero-order valence-electron chi connectivity index (χ0n) is 22.2. The number of aromatic nitrogens is 1. The third-order valence-electron chi connectivity index (χ3n) is 6.78.